The molecule has 2 aromatic carbocycles. The molecule has 3 N–H and O–H groups in total. The van der Waals surface area contributed by atoms with Gasteiger partial charge in [0.1, 0.15) is 17.3 Å². The molecule has 1 heterocycles. The van der Waals surface area contributed by atoms with Gasteiger partial charge in [-0.2, -0.15) is 0 Å². The fourth-order valence-electron chi connectivity index (χ4n) is 2.44. The Morgan fingerprint density at radius 3 is 2.73 bits per heavy atom. The van der Waals surface area contributed by atoms with Gasteiger partial charge >= 0.3 is 0 Å². The van der Waals surface area contributed by atoms with Crippen LogP contribution in [0.5, 0.6) is 0 Å². The molecular weight excluding hydrogens is 399 g/mol. The first-order valence-corrected chi connectivity index (χ1v) is 8.62. The van der Waals surface area contributed by atoms with Gasteiger partial charge in [0.15, 0.2) is 0 Å². The van der Waals surface area contributed by atoms with Crippen LogP contribution in [0.1, 0.15) is 11.3 Å². The molecule has 0 atom stereocenters. The van der Waals surface area contributed by atoms with Crippen LogP contribution in [-0.2, 0) is 4.79 Å². The minimum atomic E-state index is -0.332. The summed E-state index contributed by atoms with van der Waals surface area (Å²) in [6.45, 7) is 1.87. The number of hydrogen-bond acceptors (Lipinski definition) is 3. The lowest BCUT2D eigenvalue weighted by Crippen LogP contribution is -2.09. The Balaban J connectivity index is 1.71. The van der Waals surface area contributed by atoms with Crippen molar-refractivity contribution >= 4 is 39.3 Å². The minimum absolute atomic E-state index is 0.279. The van der Waals surface area contributed by atoms with Gasteiger partial charge in [-0.05, 0) is 83.0 Å². The van der Waals surface area contributed by atoms with Crippen LogP contribution in [0, 0.1) is 12.7 Å². The van der Waals surface area contributed by atoms with Crippen LogP contribution in [0.15, 0.2) is 63.5 Å². The number of rotatable bonds is 4. The summed E-state index contributed by atoms with van der Waals surface area (Å²) in [5.41, 5.74) is 8.65. The molecule has 0 saturated carbocycles. The first-order chi connectivity index (χ1) is 12.4. The molecule has 0 spiro atoms. The zero-order valence-electron chi connectivity index (χ0n) is 13.9. The van der Waals surface area contributed by atoms with E-state index >= 15 is 0 Å². The van der Waals surface area contributed by atoms with Crippen LogP contribution in [0.3, 0.4) is 0 Å². The SMILES string of the molecule is Cc1cc(N)ccc1NC(=O)/C=C/c1ccc(-c2ccc(F)cc2Br)o1. The first kappa shape index (κ1) is 17.9. The van der Waals surface area contributed by atoms with Gasteiger partial charge in [-0.25, -0.2) is 4.39 Å². The maximum absolute atomic E-state index is 13.2. The second kappa shape index (κ2) is 7.58. The number of hydrogen-bond donors (Lipinski definition) is 2. The minimum Gasteiger partial charge on any atom is -0.457 e. The molecule has 0 aliphatic carbocycles. The highest BCUT2D eigenvalue weighted by molar-refractivity contribution is 9.10. The molecule has 0 saturated heterocycles. The molecule has 3 rings (SSSR count). The lowest BCUT2D eigenvalue weighted by atomic mass is 10.2. The topological polar surface area (TPSA) is 68.3 Å². The molecule has 0 radical (unpaired) electrons. The van der Waals surface area contributed by atoms with E-state index in [0.29, 0.717) is 27.4 Å². The number of furan rings is 1. The number of anilines is 2. The largest absolute Gasteiger partial charge is 0.457 e. The molecule has 0 aliphatic heterocycles. The second-order valence-electron chi connectivity index (χ2n) is 5.72. The Hall–Kier alpha value is -2.86. The third-order valence-corrected chi connectivity index (χ3v) is 4.39. The van der Waals surface area contributed by atoms with Gasteiger partial charge in [0.25, 0.3) is 0 Å². The van der Waals surface area contributed by atoms with Crippen molar-refractivity contribution in [1.29, 1.82) is 0 Å². The van der Waals surface area contributed by atoms with Gasteiger partial charge in [0.2, 0.25) is 5.91 Å². The van der Waals surface area contributed by atoms with Crippen molar-refractivity contribution in [2.45, 2.75) is 6.92 Å². The van der Waals surface area contributed by atoms with Crippen molar-refractivity contribution in [3.8, 4) is 11.3 Å². The molecule has 6 heteroatoms. The van der Waals surface area contributed by atoms with Gasteiger partial charge in [0.05, 0.1) is 0 Å². The van der Waals surface area contributed by atoms with Crippen molar-refractivity contribution in [2.75, 3.05) is 11.1 Å². The van der Waals surface area contributed by atoms with Gasteiger partial charge in [-0.15, -0.1) is 0 Å². The number of benzene rings is 2. The number of nitrogens with two attached hydrogens (primary N) is 1. The Morgan fingerprint density at radius 1 is 1.19 bits per heavy atom. The summed E-state index contributed by atoms with van der Waals surface area (Å²) >= 11 is 3.31. The molecule has 26 heavy (non-hydrogen) atoms. The van der Waals surface area contributed by atoms with Crippen molar-refractivity contribution < 1.29 is 13.6 Å². The maximum atomic E-state index is 13.2. The molecule has 132 valence electrons. The van der Waals surface area contributed by atoms with Crippen LogP contribution in [0.4, 0.5) is 15.8 Å². The highest BCUT2D eigenvalue weighted by Crippen LogP contribution is 2.30. The second-order valence-corrected chi connectivity index (χ2v) is 6.58. The summed E-state index contributed by atoms with van der Waals surface area (Å²) in [7, 11) is 0. The molecule has 0 bridgehead atoms. The fraction of sp³-hybridized carbons (Fsp3) is 0.0500. The van der Waals surface area contributed by atoms with Gasteiger partial charge < -0.3 is 15.5 Å². The average molecular weight is 415 g/mol. The Morgan fingerprint density at radius 2 is 2.00 bits per heavy atom. The number of carbonyl (C=O) groups is 1. The summed E-state index contributed by atoms with van der Waals surface area (Å²) in [5, 5.41) is 2.79. The van der Waals surface area contributed by atoms with E-state index in [1.54, 1.807) is 42.5 Å². The molecule has 3 aromatic rings. The molecule has 1 aromatic heterocycles. The number of aryl methyl sites for hydroxylation is 1. The van der Waals surface area contributed by atoms with E-state index in [1.807, 2.05) is 6.92 Å². The third-order valence-electron chi connectivity index (χ3n) is 3.73. The smallest absolute Gasteiger partial charge is 0.248 e. The van der Waals surface area contributed by atoms with Crippen molar-refractivity contribution in [3.63, 3.8) is 0 Å². The predicted molar refractivity (Wildman–Crippen MR) is 105 cm³/mol. The summed E-state index contributed by atoms with van der Waals surface area (Å²) < 4.78 is 19.5. The summed E-state index contributed by atoms with van der Waals surface area (Å²) in [6, 6.07) is 13.1. The van der Waals surface area contributed by atoms with Crippen molar-refractivity contribution in [3.05, 3.63) is 76.2 Å². The van der Waals surface area contributed by atoms with E-state index in [4.69, 9.17) is 10.2 Å². The zero-order chi connectivity index (χ0) is 18.7. The standard InChI is InChI=1S/C20H16BrFN2O2/c1-12-10-14(23)3-7-18(12)24-20(25)9-5-15-4-8-19(26-15)16-6-2-13(22)11-17(16)21/h2-11H,23H2,1H3,(H,24,25)/b9-5+. The third kappa shape index (κ3) is 4.21. The van der Waals surface area contributed by atoms with Crippen LogP contribution >= 0.6 is 15.9 Å². The van der Waals surface area contributed by atoms with Gasteiger partial charge in [0, 0.05) is 27.5 Å². The Bertz CT molecular complexity index is 995. The highest BCUT2D eigenvalue weighted by Gasteiger charge is 2.09. The first-order valence-electron chi connectivity index (χ1n) is 7.83. The zero-order valence-corrected chi connectivity index (χ0v) is 15.5. The predicted octanol–water partition coefficient (Wildman–Crippen LogP) is 5.39. The van der Waals surface area contributed by atoms with Crippen molar-refractivity contribution in [2.24, 2.45) is 0 Å². The summed E-state index contributed by atoms with van der Waals surface area (Å²) in [4.78, 5) is 12.1. The van der Waals surface area contributed by atoms with E-state index in [0.717, 1.165) is 11.1 Å². The van der Waals surface area contributed by atoms with Gasteiger partial charge in [-0.1, -0.05) is 0 Å². The molecule has 0 unspecified atom stereocenters. The van der Waals surface area contributed by atoms with E-state index in [9.17, 15) is 9.18 Å². The van der Waals surface area contributed by atoms with Crippen LogP contribution < -0.4 is 11.1 Å². The number of amides is 1. The lowest BCUT2D eigenvalue weighted by Gasteiger charge is -2.06. The normalized spacial score (nSPS) is 11.0. The van der Waals surface area contributed by atoms with Gasteiger partial charge in [-0.3, -0.25) is 4.79 Å². The quantitative estimate of drug-likeness (QED) is 0.444. The van der Waals surface area contributed by atoms with Crippen molar-refractivity contribution in [1.82, 2.24) is 0 Å². The van der Waals surface area contributed by atoms with Crippen LogP contribution in [0.2, 0.25) is 0 Å². The average Bonchev–Trinajstić information content (AvgIpc) is 3.04. The Kier molecular flexibility index (Phi) is 5.23. The number of carbonyl (C=O) groups excluding carboxylic acids is 1. The van der Waals surface area contributed by atoms with E-state index < -0.39 is 0 Å². The summed E-state index contributed by atoms with van der Waals surface area (Å²) in [5.74, 6) is 0.479. The molecule has 0 fully saturated rings. The molecule has 0 aliphatic rings. The summed E-state index contributed by atoms with van der Waals surface area (Å²) in [6.07, 6.45) is 2.96. The lowest BCUT2D eigenvalue weighted by molar-refractivity contribution is -0.111. The number of halogens is 2. The van der Waals surface area contributed by atoms with E-state index in [1.165, 1.54) is 18.2 Å². The fourth-order valence-corrected chi connectivity index (χ4v) is 2.98. The number of nitrogen functional groups attached to an aromatic ring is 1. The maximum Gasteiger partial charge on any atom is 0.248 e. The van der Waals surface area contributed by atoms with Crippen LogP contribution in [0.25, 0.3) is 17.4 Å². The Labute approximate surface area is 158 Å². The monoisotopic (exact) mass is 414 g/mol. The molecule has 1 amide bonds. The molecular formula is C20H16BrFN2O2. The van der Waals surface area contributed by atoms with E-state index in [-0.39, 0.29) is 11.7 Å². The molecule has 4 nitrogen and oxygen atoms in total. The van der Waals surface area contributed by atoms with E-state index in [2.05, 4.69) is 21.2 Å². The highest BCUT2D eigenvalue weighted by atomic mass is 79.9. The number of nitrogens with one attached hydrogen (secondary N) is 1. The van der Waals surface area contributed by atoms with Crippen LogP contribution in [-0.4, -0.2) is 5.91 Å².